The highest BCUT2D eigenvalue weighted by Gasteiger charge is 2.28. The van der Waals surface area contributed by atoms with E-state index in [1.54, 1.807) is 20.8 Å². The molecule has 0 aliphatic heterocycles. The van der Waals surface area contributed by atoms with E-state index in [-0.39, 0.29) is 17.3 Å². The van der Waals surface area contributed by atoms with Gasteiger partial charge >= 0.3 is 5.97 Å². The van der Waals surface area contributed by atoms with Crippen LogP contribution >= 0.6 is 12.2 Å². The second-order valence-electron chi connectivity index (χ2n) is 4.42. The summed E-state index contributed by atoms with van der Waals surface area (Å²) in [5.74, 6) is 2.04. The predicted molar refractivity (Wildman–Crippen MR) is 62.3 cm³/mol. The Bertz CT molecular complexity index is 299. The van der Waals surface area contributed by atoms with Crippen LogP contribution in [0.25, 0.3) is 0 Å². The summed E-state index contributed by atoms with van der Waals surface area (Å²) in [6, 6.07) is -1.02. The maximum Gasteiger partial charge on any atom is 0.326 e. The number of thiocarbonyl (C=S) groups is 1. The van der Waals surface area contributed by atoms with Crippen molar-refractivity contribution in [2.24, 2.45) is 5.41 Å². The molecule has 0 fully saturated rings. The number of rotatable bonds is 4. The number of hydrogen-bond acceptors (Lipinski definition) is 3. The Morgan fingerprint density at radius 3 is 2.25 bits per heavy atom. The minimum absolute atomic E-state index is 0.106. The number of carbonyl (C=O) groups excluding carboxylic acids is 1. The zero-order chi connectivity index (χ0) is 12.9. The lowest BCUT2D eigenvalue weighted by Crippen LogP contribution is -2.70. The topological polar surface area (TPSA) is 106 Å². The average molecular weight is 248 g/mol. The third-order valence-electron chi connectivity index (χ3n) is 1.99. The second kappa shape index (κ2) is 5.76. The number of nitrogens with one attached hydrogen (secondary N) is 2. The minimum atomic E-state index is -1.12. The maximum absolute atomic E-state index is 11.7. The molecule has 6 nitrogen and oxygen atoms in total. The van der Waals surface area contributed by atoms with Crippen molar-refractivity contribution in [2.75, 3.05) is 0 Å². The molecule has 1 atom stereocenters. The van der Waals surface area contributed by atoms with E-state index in [0.717, 1.165) is 0 Å². The van der Waals surface area contributed by atoms with Crippen molar-refractivity contribution < 1.29 is 20.5 Å². The van der Waals surface area contributed by atoms with E-state index in [1.807, 2.05) is 0 Å². The average Bonchev–Trinajstić information content (AvgIpc) is 2.14. The summed E-state index contributed by atoms with van der Waals surface area (Å²) >= 11 is 4.74. The number of carboxylic acids is 1. The Kier molecular flexibility index (Phi) is 5.32. The molecule has 0 heterocycles. The third kappa shape index (κ3) is 5.04. The Balaban J connectivity index is 4.53. The number of Topliss-reactive ketones (excluding diaryl/α,β-unsaturated/α-hetero) is 1. The van der Waals surface area contributed by atoms with Crippen molar-refractivity contribution in [1.29, 1.82) is 0 Å². The lowest BCUT2D eigenvalue weighted by molar-refractivity contribution is -0.419. The van der Waals surface area contributed by atoms with Crippen LogP contribution in [0.3, 0.4) is 0 Å². The first-order valence-electron chi connectivity index (χ1n) is 4.78. The fourth-order valence-electron chi connectivity index (χ4n) is 0.901. The van der Waals surface area contributed by atoms with Crippen LogP contribution in [0.1, 0.15) is 27.2 Å². The quantitative estimate of drug-likeness (QED) is 0.378. The Labute approximate surface area is 99.5 Å². The minimum Gasteiger partial charge on any atom is -0.480 e. The van der Waals surface area contributed by atoms with Crippen LogP contribution in [-0.2, 0) is 9.59 Å². The van der Waals surface area contributed by atoms with E-state index in [2.05, 4.69) is 16.6 Å². The Morgan fingerprint density at radius 1 is 1.44 bits per heavy atom. The molecule has 0 spiro atoms. The van der Waals surface area contributed by atoms with Crippen LogP contribution in [0, 0.1) is 5.41 Å². The van der Waals surface area contributed by atoms with Gasteiger partial charge in [-0.3, -0.25) is 10.6 Å². The van der Waals surface area contributed by atoms with E-state index in [1.165, 1.54) is 0 Å². The van der Waals surface area contributed by atoms with Gasteiger partial charge in [-0.05, 0) is 12.2 Å². The molecule has 16 heavy (non-hydrogen) atoms. The van der Waals surface area contributed by atoms with Crippen LogP contribution < -0.4 is 16.6 Å². The molecule has 0 aliphatic carbocycles. The van der Waals surface area contributed by atoms with Gasteiger partial charge in [-0.15, -0.1) is 0 Å². The summed E-state index contributed by atoms with van der Waals surface area (Å²) in [7, 11) is 0. The molecule has 0 amide bonds. The molecule has 92 valence electrons. The van der Waals surface area contributed by atoms with Crippen LogP contribution in [0.5, 0.6) is 0 Å². The molecule has 0 saturated carbocycles. The summed E-state index contributed by atoms with van der Waals surface area (Å²) in [4.78, 5) is 22.6. The van der Waals surface area contributed by atoms with Gasteiger partial charge in [0.1, 0.15) is 11.8 Å². The van der Waals surface area contributed by atoms with E-state index in [0.29, 0.717) is 0 Å². The van der Waals surface area contributed by atoms with Gasteiger partial charge in [0.25, 0.3) is 0 Å². The zero-order valence-electron chi connectivity index (χ0n) is 9.66. The Morgan fingerprint density at radius 2 is 1.94 bits per heavy atom. The number of hydrogen-bond donors (Lipinski definition) is 4. The van der Waals surface area contributed by atoms with Gasteiger partial charge in [0.15, 0.2) is 0 Å². The summed E-state index contributed by atoms with van der Waals surface area (Å²) in [6.45, 7) is 5.23. The number of carboxylic acid groups (broad SMARTS) is 1. The van der Waals surface area contributed by atoms with E-state index in [4.69, 9.17) is 17.3 Å². The molecule has 0 saturated heterocycles. The first-order chi connectivity index (χ1) is 7.18. The second-order valence-corrected chi connectivity index (χ2v) is 4.83. The number of aliphatic carboxylic acids is 1. The summed E-state index contributed by atoms with van der Waals surface area (Å²) in [6.07, 6.45) is -0.110. The first kappa shape index (κ1) is 14.8. The zero-order valence-corrected chi connectivity index (χ0v) is 10.5. The monoisotopic (exact) mass is 248 g/mol. The van der Waals surface area contributed by atoms with Gasteiger partial charge in [0.2, 0.25) is 5.11 Å². The largest absolute Gasteiger partial charge is 0.480 e. The van der Waals surface area contributed by atoms with Crippen molar-refractivity contribution in [1.82, 2.24) is 10.7 Å². The summed E-state index contributed by atoms with van der Waals surface area (Å²) < 4.78 is 0. The number of carbonyl (C=O) groups is 2. The van der Waals surface area contributed by atoms with Gasteiger partial charge in [-0.1, -0.05) is 20.8 Å². The number of quaternary nitrogens is 1. The molecule has 7 heteroatoms. The fourth-order valence-corrected chi connectivity index (χ4v) is 1.04. The van der Waals surface area contributed by atoms with Gasteiger partial charge in [-0.2, -0.15) is 0 Å². The van der Waals surface area contributed by atoms with E-state index in [9.17, 15) is 9.59 Å². The molecule has 0 radical (unpaired) electrons. The summed E-state index contributed by atoms with van der Waals surface area (Å²) in [5.41, 5.74) is 1.80. The smallest absolute Gasteiger partial charge is 0.326 e. The molecule has 0 bridgehead atoms. The van der Waals surface area contributed by atoms with Crippen LogP contribution in [-0.4, -0.2) is 28.0 Å². The molecule has 0 rings (SSSR count). The standard InChI is InChI=1S/C9H17N3O3S/c1-9(2,3)6(13)4-5(7(14)15)11-8(16)12-10/h5H,4,10H2,1-3H3,(H,14,15)(H2,11,12,16)/p+1. The molecule has 0 aliphatic rings. The van der Waals surface area contributed by atoms with Crippen LogP contribution in [0.2, 0.25) is 0 Å². The van der Waals surface area contributed by atoms with Crippen molar-refractivity contribution in [2.45, 2.75) is 33.2 Å². The molecule has 0 aromatic rings. The van der Waals surface area contributed by atoms with Gasteiger partial charge < -0.3 is 10.4 Å². The molecular weight excluding hydrogens is 230 g/mol. The van der Waals surface area contributed by atoms with Crippen molar-refractivity contribution in [3.63, 3.8) is 0 Å². The maximum atomic E-state index is 11.7. The van der Waals surface area contributed by atoms with Gasteiger partial charge in [0, 0.05) is 11.8 Å². The fraction of sp³-hybridized carbons (Fsp3) is 0.667. The highest BCUT2D eigenvalue weighted by atomic mass is 32.1. The van der Waals surface area contributed by atoms with Gasteiger partial charge in [0.05, 0.1) is 0 Å². The predicted octanol–water partition coefficient (Wildman–Crippen LogP) is -0.934. The normalized spacial score (nSPS) is 12.8. The molecule has 0 aromatic heterocycles. The lowest BCUT2D eigenvalue weighted by Gasteiger charge is -2.20. The molecule has 0 aromatic carbocycles. The molecule has 1 unspecified atom stereocenters. The Hall–Kier alpha value is -1.21. The SMILES string of the molecule is CC(C)(C)C(=O)CC(NC(=S)N[NH3+])C(=O)O. The van der Waals surface area contributed by atoms with Gasteiger partial charge in [-0.25, -0.2) is 10.2 Å². The van der Waals surface area contributed by atoms with Crippen molar-refractivity contribution in [3.8, 4) is 0 Å². The van der Waals surface area contributed by atoms with E-state index < -0.39 is 17.4 Å². The van der Waals surface area contributed by atoms with E-state index >= 15 is 0 Å². The summed E-state index contributed by atoms with van der Waals surface area (Å²) in [5, 5.41) is 11.5. The highest BCUT2D eigenvalue weighted by Crippen LogP contribution is 2.17. The van der Waals surface area contributed by atoms with Crippen LogP contribution in [0.15, 0.2) is 0 Å². The van der Waals surface area contributed by atoms with Crippen LogP contribution in [0.4, 0.5) is 0 Å². The molecule has 6 N–H and O–H groups in total. The molecular formula is C9H18N3O3S+. The lowest BCUT2D eigenvalue weighted by atomic mass is 9.87. The van der Waals surface area contributed by atoms with Crippen molar-refractivity contribution in [3.05, 3.63) is 0 Å². The first-order valence-corrected chi connectivity index (χ1v) is 5.19. The van der Waals surface area contributed by atoms with Crippen molar-refractivity contribution >= 4 is 29.1 Å². The number of ketones is 1. The third-order valence-corrected chi connectivity index (χ3v) is 2.25. The highest BCUT2D eigenvalue weighted by molar-refractivity contribution is 7.80.